The van der Waals surface area contributed by atoms with Gasteiger partial charge in [0, 0.05) is 12.2 Å². The second-order valence-electron chi connectivity index (χ2n) is 4.54. The minimum atomic E-state index is -3.67. The number of sulfonamides is 1. The minimum Gasteiger partial charge on any atom is -0.480 e. The topological polar surface area (TPSA) is 94.3 Å². The predicted octanol–water partition coefficient (Wildman–Crippen LogP) is 1.91. The zero-order valence-electron chi connectivity index (χ0n) is 11.8. The van der Waals surface area contributed by atoms with Crippen LogP contribution in [0, 0.1) is 0 Å². The summed E-state index contributed by atoms with van der Waals surface area (Å²) in [6, 6.07) is 10.0. The van der Waals surface area contributed by atoms with Crippen molar-refractivity contribution in [3.8, 4) is 5.88 Å². The third-order valence-electron chi connectivity index (χ3n) is 3.05. The van der Waals surface area contributed by atoms with Gasteiger partial charge in [0.2, 0.25) is 15.9 Å². The largest absolute Gasteiger partial charge is 0.480 e. The number of aromatic nitrogens is 1. The Labute approximate surface area is 124 Å². The molecule has 1 aromatic carbocycles. The number of nitrogens with one attached hydrogen (secondary N) is 1. The highest BCUT2D eigenvalue weighted by Crippen LogP contribution is 2.26. The van der Waals surface area contributed by atoms with E-state index in [1.165, 1.54) is 12.1 Å². The van der Waals surface area contributed by atoms with E-state index in [1.807, 2.05) is 19.1 Å². The molecule has 7 heteroatoms. The van der Waals surface area contributed by atoms with Crippen LogP contribution in [0.1, 0.15) is 18.5 Å². The van der Waals surface area contributed by atoms with Gasteiger partial charge in [-0.3, -0.25) is 0 Å². The van der Waals surface area contributed by atoms with Gasteiger partial charge >= 0.3 is 0 Å². The number of rotatable bonds is 5. The van der Waals surface area contributed by atoms with Gasteiger partial charge in [-0.05, 0) is 36.8 Å². The molecule has 0 bridgehead atoms. The Balaban J connectivity index is 2.19. The molecule has 0 aliphatic carbocycles. The average molecular weight is 307 g/mol. The highest BCUT2D eigenvalue weighted by Gasteiger charge is 2.11. The van der Waals surface area contributed by atoms with Crippen LogP contribution < -0.4 is 15.2 Å². The van der Waals surface area contributed by atoms with E-state index in [4.69, 9.17) is 9.88 Å². The molecule has 0 saturated carbocycles. The van der Waals surface area contributed by atoms with Crippen LogP contribution in [-0.4, -0.2) is 20.5 Å². The van der Waals surface area contributed by atoms with Gasteiger partial charge in [0.05, 0.1) is 17.7 Å². The summed E-state index contributed by atoms with van der Waals surface area (Å²) < 4.78 is 27.6. The summed E-state index contributed by atoms with van der Waals surface area (Å²) in [5, 5.41) is 8.34. The molecule has 1 atom stereocenters. The fourth-order valence-electron chi connectivity index (χ4n) is 1.93. The van der Waals surface area contributed by atoms with Crippen LogP contribution in [0.5, 0.6) is 5.88 Å². The lowest BCUT2D eigenvalue weighted by molar-refractivity contribution is 0.399. The Kier molecular flexibility index (Phi) is 4.44. The molecule has 0 fully saturated rings. The number of hydrogen-bond acceptors (Lipinski definition) is 5. The summed E-state index contributed by atoms with van der Waals surface area (Å²) in [6.07, 6.45) is 1.65. The molecular formula is C14H17N3O3S. The lowest BCUT2D eigenvalue weighted by Crippen LogP contribution is -2.13. The molecule has 21 heavy (non-hydrogen) atoms. The molecular weight excluding hydrogens is 290 g/mol. The van der Waals surface area contributed by atoms with Crippen molar-refractivity contribution in [2.24, 2.45) is 5.14 Å². The smallest absolute Gasteiger partial charge is 0.238 e. The number of benzene rings is 1. The molecule has 2 rings (SSSR count). The molecule has 0 radical (unpaired) electrons. The molecule has 0 aliphatic heterocycles. The molecule has 1 heterocycles. The first-order chi connectivity index (χ1) is 9.91. The Morgan fingerprint density at radius 1 is 1.24 bits per heavy atom. The van der Waals surface area contributed by atoms with Crippen LogP contribution >= 0.6 is 0 Å². The number of pyridine rings is 1. The van der Waals surface area contributed by atoms with Crippen molar-refractivity contribution in [1.29, 1.82) is 0 Å². The van der Waals surface area contributed by atoms with Crippen molar-refractivity contribution in [3.05, 3.63) is 48.2 Å². The number of ether oxygens (including phenoxy) is 1. The van der Waals surface area contributed by atoms with Gasteiger partial charge in [-0.2, -0.15) is 0 Å². The van der Waals surface area contributed by atoms with Gasteiger partial charge in [0.15, 0.2) is 0 Å². The lowest BCUT2D eigenvalue weighted by atomic mass is 10.1. The minimum absolute atomic E-state index is 0.0439. The van der Waals surface area contributed by atoms with Gasteiger partial charge in [0.1, 0.15) is 0 Å². The lowest BCUT2D eigenvalue weighted by Gasteiger charge is -2.17. The highest BCUT2D eigenvalue weighted by atomic mass is 32.2. The molecule has 0 saturated heterocycles. The van der Waals surface area contributed by atoms with Gasteiger partial charge in [-0.1, -0.05) is 12.1 Å². The molecule has 0 spiro atoms. The van der Waals surface area contributed by atoms with Crippen molar-refractivity contribution in [2.75, 3.05) is 12.4 Å². The standard InChI is InChI=1S/C14H17N3O3S/c1-10(17-13-4-3-9-16-14(13)20-2)11-5-7-12(8-6-11)21(15,18)19/h3-10,17H,1-2H3,(H2,15,18,19). The Hall–Kier alpha value is -2.12. The Morgan fingerprint density at radius 3 is 2.48 bits per heavy atom. The molecule has 112 valence electrons. The summed E-state index contributed by atoms with van der Waals surface area (Å²) in [6.45, 7) is 1.96. The van der Waals surface area contributed by atoms with Crippen LogP contribution in [0.4, 0.5) is 5.69 Å². The quantitative estimate of drug-likeness (QED) is 0.880. The van der Waals surface area contributed by atoms with Gasteiger partial charge in [-0.15, -0.1) is 0 Å². The highest BCUT2D eigenvalue weighted by molar-refractivity contribution is 7.89. The van der Waals surface area contributed by atoms with Gasteiger partial charge in [0.25, 0.3) is 0 Å². The summed E-state index contributed by atoms with van der Waals surface area (Å²) >= 11 is 0. The van der Waals surface area contributed by atoms with Gasteiger partial charge in [-0.25, -0.2) is 18.5 Å². The van der Waals surface area contributed by atoms with Crippen LogP contribution in [-0.2, 0) is 10.0 Å². The fourth-order valence-corrected chi connectivity index (χ4v) is 2.44. The van der Waals surface area contributed by atoms with Crippen molar-refractivity contribution >= 4 is 15.7 Å². The summed E-state index contributed by atoms with van der Waals surface area (Å²) in [5.41, 5.74) is 1.69. The zero-order valence-corrected chi connectivity index (χ0v) is 12.6. The van der Waals surface area contributed by atoms with E-state index in [1.54, 1.807) is 25.4 Å². The monoisotopic (exact) mass is 307 g/mol. The number of methoxy groups -OCH3 is 1. The first-order valence-corrected chi connectivity index (χ1v) is 7.85. The van der Waals surface area contributed by atoms with Crippen molar-refractivity contribution < 1.29 is 13.2 Å². The van der Waals surface area contributed by atoms with Crippen LogP contribution in [0.3, 0.4) is 0 Å². The van der Waals surface area contributed by atoms with E-state index in [9.17, 15) is 8.42 Å². The summed E-state index contributed by atoms with van der Waals surface area (Å²) in [5.74, 6) is 0.505. The molecule has 2 aromatic rings. The third-order valence-corrected chi connectivity index (χ3v) is 3.97. The predicted molar refractivity (Wildman–Crippen MR) is 80.6 cm³/mol. The third kappa shape index (κ3) is 3.71. The normalized spacial score (nSPS) is 12.7. The first kappa shape index (κ1) is 15.3. The number of primary sulfonamides is 1. The van der Waals surface area contributed by atoms with Crippen LogP contribution in [0.15, 0.2) is 47.5 Å². The molecule has 1 unspecified atom stereocenters. The number of nitrogens with zero attached hydrogens (tertiary/aromatic N) is 1. The van der Waals surface area contributed by atoms with E-state index >= 15 is 0 Å². The van der Waals surface area contributed by atoms with E-state index in [0.29, 0.717) is 5.88 Å². The van der Waals surface area contributed by atoms with Crippen molar-refractivity contribution in [3.63, 3.8) is 0 Å². The van der Waals surface area contributed by atoms with E-state index in [0.717, 1.165) is 11.3 Å². The maximum Gasteiger partial charge on any atom is 0.238 e. The Bertz CT molecular complexity index is 714. The van der Waals surface area contributed by atoms with Crippen LogP contribution in [0.25, 0.3) is 0 Å². The average Bonchev–Trinajstić information content (AvgIpc) is 2.47. The number of nitrogens with two attached hydrogens (primary N) is 1. The van der Waals surface area contributed by atoms with Crippen LogP contribution in [0.2, 0.25) is 0 Å². The number of anilines is 1. The SMILES string of the molecule is COc1ncccc1NC(C)c1ccc(S(N)(=O)=O)cc1. The molecule has 6 nitrogen and oxygen atoms in total. The molecule has 0 aliphatic rings. The molecule has 3 N–H and O–H groups in total. The maximum absolute atomic E-state index is 11.2. The second kappa shape index (κ2) is 6.11. The zero-order chi connectivity index (χ0) is 15.5. The van der Waals surface area contributed by atoms with E-state index in [-0.39, 0.29) is 10.9 Å². The first-order valence-electron chi connectivity index (χ1n) is 6.30. The Morgan fingerprint density at radius 2 is 1.90 bits per heavy atom. The molecule has 0 amide bonds. The van der Waals surface area contributed by atoms with Crippen molar-refractivity contribution in [2.45, 2.75) is 17.9 Å². The van der Waals surface area contributed by atoms with E-state index < -0.39 is 10.0 Å². The molecule has 1 aromatic heterocycles. The summed E-state index contributed by atoms with van der Waals surface area (Å²) in [4.78, 5) is 4.20. The van der Waals surface area contributed by atoms with E-state index in [2.05, 4.69) is 10.3 Å². The number of hydrogen-bond donors (Lipinski definition) is 2. The van der Waals surface area contributed by atoms with Gasteiger partial charge < -0.3 is 10.1 Å². The summed E-state index contributed by atoms with van der Waals surface area (Å²) in [7, 11) is -2.11. The fraction of sp³-hybridized carbons (Fsp3) is 0.214. The second-order valence-corrected chi connectivity index (χ2v) is 6.10. The maximum atomic E-state index is 11.2. The van der Waals surface area contributed by atoms with Crippen molar-refractivity contribution in [1.82, 2.24) is 4.98 Å².